The third-order valence-corrected chi connectivity index (χ3v) is 5.50. The van der Waals surface area contributed by atoms with Crippen LogP contribution < -0.4 is 0 Å². The quantitative estimate of drug-likeness (QED) is 0.848. The smallest absolute Gasteiger partial charge is 0.222 e. The Hall–Kier alpha value is -0.610. The van der Waals surface area contributed by atoms with Gasteiger partial charge in [0, 0.05) is 38.6 Å². The maximum atomic E-state index is 12.3. The van der Waals surface area contributed by atoms with Crippen molar-refractivity contribution in [2.75, 3.05) is 26.2 Å². The van der Waals surface area contributed by atoms with E-state index in [1.54, 1.807) is 0 Å². The van der Waals surface area contributed by atoms with E-state index in [1.807, 2.05) is 4.90 Å². The van der Waals surface area contributed by atoms with Gasteiger partial charge in [-0.05, 0) is 43.9 Å². The highest BCUT2D eigenvalue weighted by Gasteiger charge is 2.34. The van der Waals surface area contributed by atoms with Gasteiger partial charge in [0.1, 0.15) is 0 Å². The average Bonchev–Trinajstić information content (AvgIpc) is 3.21. The Balaban J connectivity index is 1.44. The maximum Gasteiger partial charge on any atom is 0.222 e. The van der Waals surface area contributed by atoms with Crippen LogP contribution >= 0.6 is 0 Å². The van der Waals surface area contributed by atoms with E-state index in [0.717, 1.165) is 57.8 Å². The number of piperazine rings is 1. The van der Waals surface area contributed by atoms with E-state index in [4.69, 9.17) is 0 Å². The van der Waals surface area contributed by atoms with Gasteiger partial charge >= 0.3 is 0 Å². The Bertz CT molecular complexity index is 348. The molecule has 2 saturated carbocycles. The Labute approximate surface area is 122 Å². The number of hydrogen-bond donors (Lipinski definition) is 1. The molecule has 20 heavy (non-hydrogen) atoms. The summed E-state index contributed by atoms with van der Waals surface area (Å²) in [7, 11) is 0. The van der Waals surface area contributed by atoms with Gasteiger partial charge in [0.15, 0.2) is 0 Å². The van der Waals surface area contributed by atoms with Crippen LogP contribution in [0.1, 0.15) is 45.4 Å². The summed E-state index contributed by atoms with van der Waals surface area (Å²) in [5.74, 6) is 1.72. The fraction of sp³-hybridized carbons (Fsp3) is 0.938. The Morgan fingerprint density at radius 1 is 1.15 bits per heavy atom. The second-order valence-electron chi connectivity index (χ2n) is 7.00. The Morgan fingerprint density at radius 3 is 2.40 bits per heavy atom. The van der Waals surface area contributed by atoms with E-state index in [1.165, 1.54) is 12.8 Å². The van der Waals surface area contributed by atoms with Gasteiger partial charge in [-0.15, -0.1) is 0 Å². The van der Waals surface area contributed by atoms with Crippen molar-refractivity contribution < 1.29 is 9.90 Å². The molecule has 1 N–H and O–H groups in total. The number of hydrogen-bond acceptors (Lipinski definition) is 3. The number of rotatable bonds is 4. The molecule has 1 amide bonds. The van der Waals surface area contributed by atoms with E-state index in [-0.39, 0.29) is 6.10 Å². The van der Waals surface area contributed by atoms with Crippen molar-refractivity contribution >= 4 is 5.91 Å². The van der Waals surface area contributed by atoms with Crippen molar-refractivity contribution in [1.82, 2.24) is 9.80 Å². The lowest BCUT2D eigenvalue weighted by Crippen LogP contribution is -2.53. The van der Waals surface area contributed by atoms with Crippen molar-refractivity contribution in [3.05, 3.63) is 0 Å². The molecule has 3 aliphatic rings. The molecule has 1 saturated heterocycles. The van der Waals surface area contributed by atoms with Gasteiger partial charge in [-0.2, -0.15) is 0 Å². The van der Waals surface area contributed by atoms with Crippen LogP contribution in [0.15, 0.2) is 0 Å². The minimum atomic E-state index is -0.146. The van der Waals surface area contributed by atoms with Crippen LogP contribution in [0.5, 0.6) is 0 Å². The fourth-order valence-electron chi connectivity index (χ4n) is 3.89. The van der Waals surface area contributed by atoms with Crippen LogP contribution in [0.3, 0.4) is 0 Å². The third kappa shape index (κ3) is 3.17. The van der Waals surface area contributed by atoms with Gasteiger partial charge in [0.2, 0.25) is 5.91 Å². The average molecular weight is 280 g/mol. The molecule has 4 heteroatoms. The standard InChI is InChI=1S/C16H28N2O2/c1-12(13-5-6-13)11-16(20)18-9-7-17(8-10-18)14-3-2-4-15(14)19/h12-15,19H,2-11H2,1H3/t12-,14-,15-/m1/s1. The molecule has 114 valence electrons. The number of amides is 1. The lowest BCUT2D eigenvalue weighted by Gasteiger charge is -2.39. The molecule has 4 nitrogen and oxygen atoms in total. The molecule has 2 aliphatic carbocycles. The van der Waals surface area contributed by atoms with E-state index in [9.17, 15) is 9.90 Å². The van der Waals surface area contributed by atoms with Gasteiger partial charge < -0.3 is 10.0 Å². The number of carbonyl (C=O) groups excluding carboxylic acids is 1. The number of aliphatic hydroxyl groups is 1. The molecule has 3 atom stereocenters. The first-order valence-corrected chi connectivity index (χ1v) is 8.35. The fourth-order valence-corrected chi connectivity index (χ4v) is 3.89. The first-order valence-electron chi connectivity index (χ1n) is 8.35. The van der Waals surface area contributed by atoms with Gasteiger partial charge in [0.05, 0.1) is 6.10 Å². The molecule has 0 aromatic rings. The van der Waals surface area contributed by atoms with E-state index >= 15 is 0 Å². The lowest BCUT2D eigenvalue weighted by molar-refractivity contribution is -0.134. The summed E-state index contributed by atoms with van der Waals surface area (Å²) in [6.45, 7) is 5.79. The van der Waals surface area contributed by atoms with Gasteiger partial charge in [0.25, 0.3) is 0 Å². The molecule has 3 fully saturated rings. The predicted octanol–water partition coefficient (Wildman–Crippen LogP) is 1.48. The summed E-state index contributed by atoms with van der Waals surface area (Å²) in [5.41, 5.74) is 0. The largest absolute Gasteiger partial charge is 0.391 e. The van der Waals surface area contributed by atoms with Gasteiger partial charge in [-0.1, -0.05) is 6.92 Å². The monoisotopic (exact) mass is 280 g/mol. The zero-order valence-electron chi connectivity index (χ0n) is 12.6. The summed E-state index contributed by atoms with van der Waals surface area (Å²) in [4.78, 5) is 16.7. The molecule has 0 spiro atoms. The van der Waals surface area contributed by atoms with Crippen LogP contribution in [0.25, 0.3) is 0 Å². The highest BCUT2D eigenvalue weighted by atomic mass is 16.3. The zero-order chi connectivity index (χ0) is 14.1. The summed E-state index contributed by atoms with van der Waals surface area (Å²) in [5, 5.41) is 9.98. The van der Waals surface area contributed by atoms with Crippen LogP contribution in [0.2, 0.25) is 0 Å². The van der Waals surface area contributed by atoms with E-state index in [2.05, 4.69) is 11.8 Å². The molecule has 1 heterocycles. The normalized spacial score (nSPS) is 33.4. The highest BCUT2D eigenvalue weighted by molar-refractivity contribution is 5.76. The molecule has 0 aromatic carbocycles. The number of aliphatic hydroxyl groups excluding tert-OH is 1. The minimum absolute atomic E-state index is 0.146. The van der Waals surface area contributed by atoms with Crippen molar-refractivity contribution in [3.8, 4) is 0 Å². The molecular weight excluding hydrogens is 252 g/mol. The SMILES string of the molecule is C[C@H](CC(=O)N1CCN([C@@H]2CCC[C@H]2O)CC1)C1CC1. The number of nitrogens with zero attached hydrogens (tertiary/aromatic N) is 2. The van der Waals surface area contributed by atoms with Crippen LogP contribution in [-0.4, -0.2) is 59.1 Å². The van der Waals surface area contributed by atoms with E-state index < -0.39 is 0 Å². The van der Waals surface area contributed by atoms with E-state index in [0.29, 0.717) is 17.9 Å². The molecule has 0 aromatic heterocycles. The topological polar surface area (TPSA) is 43.8 Å². The van der Waals surface area contributed by atoms with Gasteiger partial charge in [-0.3, -0.25) is 9.69 Å². The van der Waals surface area contributed by atoms with Crippen LogP contribution in [0, 0.1) is 11.8 Å². The number of carbonyl (C=O) groups is 1. The van der Waals surface area contributed by atoms with Crippen molar-refractivity contribution in [2.24, 2.45) is 11.8 Å². The summed E-state index contributed by atoms with van der Waals surface area (Å²) >= 11 is 0. The zero-order valence-corrected chi connectivity index (χ0v) is 12.6. The predicted molar refractivity (Wildman–Crippen MR) is 78.3 cm³/mol. The molecule has 0 unspecified atom stereocenters. The first-order chi connectivity index (χ1) is 9.65. The first kappa shape index (κ1) is 14.3. The lowest BCUT2D eigenvalue weighted by atomic mass is 10.0. The van der Waals surface area contributed by atoms with Gasteiger partial charge in [-0.25, -0.2) is 0 Å². The molecule has 0 radical (unpaired) electrons. The maximum absolute atomic E-state index is 12.3. The summed E-state index contributed by atoms with van der Waals surface area (Å²) in [6, 6.07) is 0.345. The third-order valence-electron chi connectivity index (χ3n) is 5.50. The van der Waals surface area contributed by atoms with Crippen LogP contribution in [0.4, 0.5) is 0 Å². The summed E-state index contributed by atoms with van der Waals surface area (Å²) in [6.07, 6.45) is 6.44. The highest BCUT2D eigenvalue weighted by Crippen LogP contribution is 2.38. The Morgan fingerprint density at radius 2 is 1.85 bits per heavy atom. The Kier molecular flexibility index (Phi) is 4.32. The molecule has 0 bridgehead atoms. The van der Waals surface area contributed by atoms with Crippen molar-refractivity contribution in [2.45, 2.75) is 57.6 Å². The second-order valence-corrected chi connectivity index (χ2v) is 7.00. The molecule has 3 rings (SSSR count). The minimum Gasteiger partial charge on any atom is -0.391 e. The van der Waals surface area contributed by atoms with Crippen molar-refractivity contribution in [3.63, 3.8) is 0 Å². The molecule has 1 aliphatic heterocycles. The van der Waals surface area contributed by atoms with Crippen LogP contribution in [-0.2, 0) is 4.79 Å². The summed E-state index contributed by atoms with van der Waals surface area (Å²) < 4.78 is 0. The second kappa shape index (κ2) is 6.02. The van der Waals surface area contributed by atoms with Crippen molar-refractivity contribution in [1.29, 1.82) is 0 Å². The molecular formula is C16H28N2O2.